The lowest BCUT2D eigenvalue weighted by atomic mass is 10.1. The highest BCUT2D eigenvalue weighted by Crippen LogP contribution is 2.39. The van der Waals surface area contributed by atoms with Crippen LogP contribution in [0.25, 0.3) is 0 Å². The van der Waals surface area contributed by atoms with Crippen LogP contribution in [0.15, 0.2) is 34.8 Å². The SMILES string of the molecule is Clc1ccc(C(Cl)c2cc(Br)ccc2Cl)s1. The molecule has 0 fully saturated rings. The molecule has 1 heterocycles. The van der Waals surface area contributed by atoms with Crippen LogP contribution in [0, 0.1) is 0 Å². The fourth-order valence-electron chi connectivity index (χ4n) is 1.33. The topological polar surface area (TPSA) is 0 Å². The van der Waals surface area contributed by atoms with E-state index in [-0.39, 0.29) is 5.38 Å². The first-order valence-electron chi connectivity index (χ1n) is 4.42. The molecule has 0 spiro atoms. The van der Waals surface area contributed by atoms with Gasteiger partial charge in [0.15, 0.2) is 0 Å². The van der Waals surface area contributed by atoms with Crippen LogP contribution in [0.3, 0.4) is 0 Å². The molecular weight excluding hydrogens is 350 g/mol. The zero-order valence-corrected chi connectivity index (χ0v) is 12.6. The molecular formula is C11H6BrCl3S. The molecule has 0 saturated carbocycles. The van der Waals surface area contributed by atoms with E-state index in [1.807, 2.05) is 30.3 Å². The first-order valence-corrected chi connectivity index (χ1v) is 7.22. The first kappa shape index (κ1) is 12.7. The lowest BCUT2D eigenvalue weighted by Gasteiger charge is -2.10. The molecule has 0 nitrogen and oxygen atoms in total. The molecule has 0 aliphatic heterocycles. The van der Waals surface area contributed by atoms with E-state index in [2.05, 4.69) is 15.9 Å². The maximum Gasteiger partial charge on any atom is 0.0943 e. The second kappa shape index (κ2) is 5.28. The third-order valence-corrected chi connectivity index (χ3v) is 4.81. The number of halogens is 4. The van der Waals surface area contributed by atoms with Gasteiger partial charge in [-0.15, -0.1) is 22.9 Å². The van der Waals surface area contributed by atoms with Crippen molar-refractivity contribution in [2.75, 3.05) is 0 Å². The second-order valence-corrected chi connectivity index (χ2v) is 6.68. The second-order valence-electron chi connectivity index (χ2n) is 3.17. The Morgan fingerprint density at radius 3 is 2.50 bits per heavy atom. The molecule has 1 aromatic carbocycles. The molecule has 0 aliphatic carbocycles. The zero-order chi connectivity index (χ0) is 11.7. The fourth-order valence-corrected chi connectivity index (χ4v) is 3.43. The van der Waals surface area contributed by atoms with Gasteiger partial charge in [0.05, 0.1) is 9.71 Å². The van der Waals surface area contributed by atoms with Gasteiger partial charge in [-0.3, -0.25) is 0 Å². The average Bonchev–Trinajstić information content (AvgIpc) is 2.67. The number of thiophene rings is 1. The van der Waals surface area contributed by atoms with E-state index in [9.17, 15) is 0 Å². The number of alkyl halides is 1. The highest BCUT2D eigenvalue weighted by Gasteiger charge is 2.16. The lowest BCUT2D eigenvalue weighted by molar-refractivity contribution is 1.18. The summed E-state index contributed by atoms with van der Waals surface area (Å²) in [6.45, 7) is 0. The molecule has 1 atom stereocenters. The summed E-state index contributed by atoms with van der Waals surface area (Å²) in [5.74, 6) is 0. The Labute approximate surface area is 121 Å². The van der Waals surface area contributed by atoms with E-state index in [1.54, 1.807) is 0 Å². The summed E-state index contributed by atoms with van der Waals surface area (Å²) >= 11 is 23.2. The Kier molecular flexibility index (Phi) is 4.20. The van der Waals surface area contributed by atoms with Crippen LogP contribution < -0.4 is 0 Å². The zero-order valence-electron chi connectivity index (χ0n) is 7.88. The molecule has 5 heteroatoms. The standard InChI is InChI=1S/C11H6BrCl3S/c12-6-1-2-8(13)7(5-6)11(15)9-3-4-10(14)16-9/h1-5,11H. The minimum atomic E-state index is -0.262. The number of benzene rings is 1. The molecule has 1 aromatic heterocycles. The first-order chi connectivity index (χ1) is 7.58. The lowest BCUT2D eigenvalue weighted by Crippen LogP contribution is -1.91. The summed E-state index contributed by atoms with van der Waals surface area (Å²) in [5.41, 5.74) is 0.885. The maximum atomic E-state index is 6.37. The van der Waals surface area contributed by atoms with Crippen molar-refractivity contribution in [3.8, 4) is 0 Å². The van der Waals surface area contributed by atoms with Crippen LogP contribution in [0.5, 0.6) is 0 Å². The predicted octanol–water partition coefficient (Wildman–Crippen LogP) is 6.15. The number of hydrogen-bond acceptors (Lipinski definition) is 1. The van der Waals surface area contributed by atoms with E-state index in [0.717, 1.165) is 19.2 Å². The highest BCUT2D eigenvalue weighted by molar-refractivity contribution is 9.10. The van der Waals surface area contributed by atoms with Crippen LogP contribution in [-0.2, 0) is 0 Å². The Hall–Kier alpha value is 0.270. The summed E-state index contributed by atoms with van der Waals surface area (Å²) in [6, 6.07) is 9.39. The van der Waals surface area contributed by atoms with Gasteiger partial charge in [-0.05, 0) is 35.9 Å². The summed E-state index contributed by atoms with van der Waals surface area (Å²) in [6.07, 6.45) is 0. The van der Waals surface area contributed by atoms with Crippen LogP contribution in [-0.4, -0.2) is 0 Å². The van der Waals surface area contributed by atoms with Gasteiger partial charge in [0, 0.05) is 14.4 Å². The van der Waals surface area contributed by atoms with E-state index < -0.39 is 0 Å². The average molecular weight is 356 g/mol. The Morgan fingerprint density at radius 1 is 1.12 bits per heavy atom. The molecule has 0 amide bonds. The van der Waals surface area contributed by atoms with E-state index in [1.165, 1.54) is 11.3 Å². The van der Waals surface area contributed by atoms with Crippen molar-refractivity contribution >= 4 is 62.1 Å². The highest BCUT2D eigenvalue weighted by atomic mass is 79.9. The Morgan fingerprint density at radius 2 is 1.88 bits per heavy atom. The molecule has 0 aliphatic rings. The van der Waals surface area contributed by atoms with Gasteiger partial charge < -0.3 is 0 Å². The monoisotopic (exact) mass is 354 g/mol. The van der Waals surface area contributed by atoms with Crippen LogP contribution in [0.4, 0.5) is 0 Å². The van der Waals surface area contributed by atoms with Gasteiger partial charge >= 0.3 is 0 Å². The van der Waals surface area contributed by atoms with Crippen molar-refractivity contribution in [3.63, 3.8) is 0 Å². The van der Waals surface area contributed by atoms with E-state index in [0.29, 0.717) is 5.02 Å². The van der Waals surface area contributed by atoms with Crippen molar-refractivity contribution in [3.05, 3.63) is 54.6 Å². The van der Waals surface area contributed by atoms with Crippen LogP contribution in [0.1, 0.15) is 15.8 Å². The molecule has 0 bridgehead atoms. The van der Waals surface area contributed by atoms with Gasteiger partial charge in [-0.1, -0.05) is 39.1 Å². The Balaban J connectivity index is 2.40. The molecule has 2 aromatic rings. The van der Waals surface area contributed by atoms with Crippen molar-refractivity contribution in [1.29, 1.82) is 0 Å². The van der Waals surface area contributed by atoms with Gasteiger partial charge in [0.25, 0.3) is 0 Å². The molecule has 0 N–H and O–H groups in total. The quantitative estimate of drug-likeness (QED) is 0.567. The van der Waals surface area contributed by atoms with Crippen molar-refractivity contribution < 1.29 is 0 Å². The molecule has 0 saturated heterocycles. The van der Waals surface area contributed by atoms with Gasteiger partial charge in [-0.25, -0.2) is 0 Å². The molecule has 1 unspecified atom stereocenters. The number of rotatable bonds is 2. The van der Waals surface area contributed by atoms with Gasteiger partial charge in [0.2, 0.25) is 0 Å². The summed E-state index contributed by atoms with van der Waals surface area (Å²) in [4.78, 5) is 0.992. The summed E-state index contributed by atoms with van der Waals surface area (Å²) < 4.78 is 1.69. The van der Waals surface area contributed by atoms with E-state index >= 15 is 0 Å². The largest absolute Gasteiger partial charge is 0.127 e. The predicted molar refractivity (Wildman–Crippen MR) is 76.2 cm³/mol. The van der Waals surface area contributed by atoms with Crippen LogP contribution in [0.2, 0.25) is 9.36 Å². The third-order valence-electron chi connectivity index (χ3n) is 2.07. The van der Waals surface area contributed by atoms with E-state index in [4.69, 9.17) is 34.8 Å². The van der Waals surface area contributed by atoms with Crippen molar-refractivity contribution in [2.45, 2.75) is 5.38 Å². The summed E-state index contributed by atoms with van der Waals surface area (Å²) in [7, 11) is 0. The fraction of sp³-hybridized carbons (Fsp3) is 0.0909. The molecule has 2 rings (SSSR count). The Bertz CT molecular complexity index is 510. The minimum Gasteiger partial charge on any atom is -0.127 e. The summed E-state index contributed by atoms with van der Waals surface area (Å²) in [5, 5.41) is 0.398. The van der Waals surface area contributed by atoms with Crippen LogP contribution >= 0.6 is 62.1 Å². The normalized spacial score (nSPS) is 12.8. The molecule has 0 radical (unpaired) electrons. The smallest absolute Gasteiger partial charge is 0.0943 e. The van der Waals surface area contributed by atoms with Gasteiger partial charge in [0.1, 0.15) is 0 Å². The van der Waals surface area contributed by atoms with Gasteiger partial charge in [-0.2, -0.15) is 0 Å². The third kappa shape index (κ3) is 2.74. The molecule has 16 heavy (non-hydrogen) atoms. The van der Waals surface area contributed by atoms with Crippen molar-refractivity contribution in [1.82, 2.24) is 0 Å². The van der Waals surface area contributed by atoms with Crippen molar-refractivity contribution in [2.24, 2.45) is 0 Å². The number of hydrogen-bond donors (Lipinski definition) is 0. The minimum absolute atomic E-state index is 0.262. The maximum absolute atomic E-state index is 6.37. The molecule has 84 valence electrons.